The summed E-state index contributed by atoms with van der Waals surface area (Å²) in [7, 11) is 1.76. The Morgan fingerprint density at radius 3 is 2.71 bits per heavy atom. The number of rotatable bonds is 5. The molecule has 2 heterocycles. The Morgan fingerprint density at radius 2 is 2.19 bits per heavy atom. The van der Waals surface area contributed by atoms with E-state index < -0.39 is 5.97 Å². The van der Waals surface area contributed by atoms with Gasteiger partial charge in [-0.3, -0.25) is 4.68 Å². The summed E-state index contributed by atoms with van der Waals surface area (Å²) in [5.74, 6) is -0.529. The second kappa shape index (κ2) is 6.23. The quantitative estimate of drug-likeness (QED) is 0.814. The maximum atomic E-state index is 11.8. The highest BCUT2D eigenvalue weighted by Gasteiger charge is 2.21. The molecule has 0 fully saturated rings. The standard InChI is InChI=1S/C12H17ClN6O2/c1-4-21-12(20)10-9(5-14)19(17-15-10)6-8-7(2)16-18(3)11(8)13/h4-6,14H2,1-3H3. The molecule has 0 atom stereocenters. The topological polar surface area (TPSA) is 101 Å². The molecule has 2 aromatic heterocycles. The van der Waals surface area contributed by atoms with Crippen LogP contribution in [0.25, 0.3) is 0 Å². The lowest BCUT2D eigenvalue weighted by Gasteiger charge is -2.06. The number of esters is 1. The Balaban J connectivity index is 2.35. The van der Waals surface area contributed by atoms with Gasteiger partial charge in [0.2, 0.25) is 0 Å². The molecule has 0 spiro atoms. The predicted octanol–water partition coefficient (Wildman–Crippen LogP) is 0.657. The molecule has 0 aliphatic heterocycles. The molecule has 0 saturated carbocycles. The van der Waals surface area contributed by atoms with Gasteiger partial charge >= 0.3 is 5.97 Å². The van der Waals surface area contributed by atoms with Crippen LogP contribution in [0.2, 0.25) is 5.15 Å². The molecule has 2 N–H and O–H groups in total. The van der Waals surface area contributed by atoms with Gasteiger partial charge in [0, 0.05) is 19.2 Å². The summed E-state index contributed by atoms with van der Waals surface area (Å²) in [5, 5.41) is 12.6. The Hall–Kier alpha value is -1.93. The summed E-state index contributed by atoms with van der Waals surface area (Å²) >= 11 is 6.19. The average molecular weight is 313 g/mol. The highest BCUT2D eigenvalue weighted by atomic mass is 35.5. The molecule has 0 saturated heterocycles. The van der Waals surface area contributed by atoms with Crippen LogP contribution in [0.15, 0.2) is 0 Å². The average Bonchev–Trinajstić information content (AvgIpc) is 2.95. The number of nitrogens with zero attached hydrogens (tertiary/aromatic N) is 5. The zero-order valence-electron chi connectivity index (χ0n) is 12.1. The second-order valence-corrected chi connectivity index (χ2v) is 4.80. The molecule has 0 aromatic carbocycles. The smallest absolute Gasteiger partial charge is 0.360 e. The van der Waals surface area contributed by atoms with E-state index in [1.54, 1.807) is 23.3 Å². The summed E-state index contributed by atoms with van der Waals surface area (Å²) < 4.78 is 8.06. The first-order valence-corrected chi connectivity index (χ1v) is 6.84. The zero-order valence-corrected chi connectivity index (χ0v) is 12.9. The van der Waals surface area contributed by atoms with Gasteiger partial charge in [-0.15, -0.1) is 5.10 Å². The minimum atomic E-state index is -0.529. The largest absolute Gasteiger partial charge is 0.461 e. The SMILES string of the molecule is CCOC(=O)c1nnn(Cc2c(C)nn(C)c2Cl)c1CN. The van der Waals surface area contributed by atoms with Gasteiger partial charge in [0.1, 0.15) is 5.15 Å². The minimum Gasteiger partial charge on any atom is -0.461 e. The van der Waals surface area contributed by atoms with Gasteiger partial charge in [-0.2, -0.15) is 5.10 Å². The number of carbonyl (C=O) groups excluding carboxylic acids is 1. The van der Waals surface area contributed by atoms with Crippen LogP contribution in [0.4, 0.5) is 0 Å². The fraction of sp³-hybridized carbons (Fsp3) is 0.500. The molecular weight excluding hydrogens is 296 g/mol. The van der Waals surface area contributed by atoms with E-state index in [9.17, 15) is 4.79 Å². The molecule has 2 aromatic rings. The third kappa shape index (κ3) is 2.91. The maximum Gasteiger partial charge on any atom is 0.360 e. The van der Waals surface area contributed by atoms with Crippen molar-refractivity contribution in [2.24, 2.45) is 12.8 Å². The van der Waals surface area contributed by atoms with Crippen LogP contribution in [0.3, 0.4) is 0 Å². The number of carbonyl (C=O) groups is 1. The summed E-state index contributed by atoms with van der Waals surface area (Å²) in [4.78, 5) is 11.8. The number of nitrogens with two attached hydrogens (primary N) is 1. The van der Waals surface area contributed by atoms with Crippen LogP contribution in [0, 0.1) is 6.92 Å². The molecular formula is C12H17ClN6O2. The molecule has 0 bridgehead atoms. The van der Waals surface area contributed by atoms with E-state index in [1.165, 1.54) is 0 Å². The van der Waals surface area contributed by atoms with Gasteiger partial charge in [-0.1, -0.05) is 16.8 Å². The van der Waals surface area contributed by atoms with Crippen LogP contribution in [-0.4, -0.2) is 37.4 Å². The van der Waals surface area contributed by atoms with Crippen molar-refractivity contribution in [3.8, 4) is 0 Å². The summed E-state index contributed by atoms with van der Waals surface area (Å²) in [5.41, 5.74) is 7.95. The first kappa shape index (κ1) is 15.5. The number of halogens is 1. The highest BCUT2D eigenvalue weighted by Crippen LogP contribution is 2.20. The van der Waals surface area contributed by atoms with E-state index >= 15 is 0 Å². The Bertz CT molecular complexity index is 663. The lowest BCUT2D eigenvalue weighted by molar-refractivity contribution is 0.0518. The Labute approximate surface area is 126 Å². The minimum absolute atomic E-state index is 0.123. The maximum absolute atomic E-state index is 11.8. The molecule has 9 heteroatoms. The summed E-state index contributed by atoms with van der Waals surface area (Å²) in [6, 6.07) is 0. The number of hydrogen-bond acceptors (Lipinski definition) is 6. The number of aromatic nitrogens is 5. The van der Waals surface area contributed by atoms with Crippen molar-refractivity contribution in [3.05, 3.63) is 27.8 Å². The molecule has 0 radical (unpaired) electrons. The number of ether oxygens (including phenoxy) is 1. The number of aryl methyl sites for hydroxylation is 2. The van der Waals surface area contributed by atoms with Crippen molar-refractivity contribution in [2.45, 2.75) is 26.9 Å². The van der Waals surface area contributed by atoms with Crippen LogP contribution in [0.5, 0.6) is 0 Å². The normalized spacial score (nSPS) is 10.9. The van der Waals surface area contributed by atoms with Crippen LogP contribution >= 0.6 is 11.6 Å². The molecule has 2 rings (SSSR count). The van der Waals surface area contributed by atoms with E-state index in [0.717, 1.165) is 11.3 Å². The number of hydrogen-bond donors (Lipinski definition) is 1. The fourth-order valence-electron chi connectivity index (χ4n) is 2.02. The Morgan fingerprint density at radius 1 is 1.48 bits per heavy atom. The monoisotopic (exact) mass is 312 g/mol. The van der Waals surface area contributed by atoms with Gasteiger partial charge in [-0.05, 0) is 13.8 Å². The lowest BCUT2D eigenvalue weighted by Crippen LogP contribution is -2.15. The van der Waals surface area contributed by atoms with E-state index in [2.05, 4.69) is 15.4 Å². The van der Waals surface area contributed by atoms with Crippen molar-refractivity contribution in [2.75, 3.05) is 6.61 Å². The van der Waals surface area contributed by atoms with Crippen LogP contribution < -0.4 is 5.73 Å². The molecule has 0 aliphatic carbocycles. The predicted molar refractivity (Wildman–Crippen MR) is 75.9 cm³/mol. The Kier molecular flexibility index (Phi) is 4.59. The van der Waals surface area contributed by atoms with E-state index in [-0.39, 0.29) is 18.8 Å². The third-order valence-corrected chi connectivity index (χ3v) is 3.55. The van der Waals surface area contributed by atoms with E-state index in [4.69, 9.17) is 22.1 Å². The van der Waals surface area contributed by atoms with Crippen molar-refractivity contribution in [3.63, 3.8) is 0 Å². The van der Waals surface area contributed by atoms with E-state index in [0.29, 0.717) is 17.4 Å². The van der Waals surface area contributed by atoms with Gasteiger partial charge in [0.05, 0.1) is 24.5 Å². The highest BCUT2D eigenvalue weighted by molar-refractivity contribution is 6.30. The molecule has 8 nitrogen and oxygen atoms in total. The van der Waals surface area contributed by atoms with Crippen molar-refractivity contribution >= 4 is 17.6 Å². The van der Waals surface area contributed by atoms with Crippen LogP contribution in [0.1, 0.15) is 34.4 Å². The van der Waals surface area contributed by atoms with E-state index in [1.807, 2.05) is 6.92 Å². The van der Waals surface area contributed by atoms with Gasteiger partial charge < -0.3 is 10.5 Å². The fourth-order valence-corrected chi connectivity index (χ4v) is 2.26. The zero-order chi connectivity index (χ0) is 15.6. The van der Waals surface area contributed by atoms with Gasteiger partial charge in [0.25, 0.3) is 0 Å². The molecule has 0 aliphatic rings. The summed E-state index contributed by atoms with van der Waals surface area (Å²) in [6.07, 6.45) is 0. The second-order valence-electron chi connectivity index (χ2n) is 4.45. The molecule has 21 heavy (non-hydrogen) atoms. The summed E-state index contributed by atoms with van der Waals surface area (Å²) in [6.45, 7) is 4.31. The third-order valence-electron chi connectivity index (χ3n) is 3.08. The lowest BCUT2D eigenvalue weighted by atomic mass is 10.2. The molecule has 114 valence electrons. The van der Waals surface area contributed by atoms with Crippen molar-refractivity contribution < 1.29 is 9.53 Å². The van der Waals surface area contributed by atoms with Crippen molar-refractivity contribution in [1.82, 2.24) is 24.8 Å². The van der Waals surface area contributed by atoms with Crippen molar-refractivity contribution in [1.29, 1.82) is 0 Å². The van der Waals surface area contributed by atoms with Crippen LogP contribution in [-0.2, 0) is 24.9 Å². The van der Waals surface area contributed by atoms with Gasteiger partial charge in [-0.25, -0.2) is 9.48 Å². The first-order valence-electron chi connectivity index (χ1n) is 6.47. The first-order chi connectivity index (χ1) is 9.99. The van der Waals surface area contributed by atoms with Gasteiger partial charge in [0.15, 0.2) is 5.69 Å². The molecule has 0 amide bonds. The molecule has 0 unspecified atom stereocenters.